The van der Waals surface area contributed by atoms with Crippen molar-refractivity contribution < 1.29 is 19.1 Å². The van der Waals surface area contributed by atoms with Gasteiger partial charge >= 0.3 is 5.97 Å². The zero-order valence-electron chi connectivity index (χ0n) is 21.8. The third-order valence-electron chi connectivity index (χ3n) is 6.11. The number of nitrogens with zero attached hydrogens (tertiary/aromatic N) is 1. The summed E-state index contributed by atoms with van der Waals surface area (Å²) in [5.74, 6) is 0.290. The monoisotopic (exact) mass is 547 g/mol. The van der Waals surface area contributed by atoms with E-state index in [2.05, 4.69) is 0 Å². The van der Waals surface area contributed by atoms with E-state index in [0.29, 0.717) is 33.3 Å². The highest BCUT2D eigenvalue weighted by Gasteiger charge is 2.20. The van der Waals surface area contributed by atoms with Gasteiger partial charge in [0, 0.05) is 33.2 Å². The summed E-state index contributed by atoms with van der Waals surface area (Å²) in [6, 6.07) is 38.6. The first kappa shape index (κ1) is 26.7. The van der Waals surface area contributed by atoms with Crippen LogP contribution in [0.15, 0.2) is 127 Å². The molecule has 0 aliphatic heterocycles. The van der Waals surface area contributed by atoms with E-state index >= 15 is 0 Å². The quantitative estimate of drug-likeness (QED) is 0.136. The summed E-state index contributed by atoms with van der Waals surface area (Å²) < 4.78 is 11.2. The molecule has 0 unspecified atom stereocenters. The topological polar surface area (TPSA) is 55.8 Å². The van der Waals surface area contributed by atoms with Crippen molar-refractivity contribution in [3.63, 3.8) is 0 Å². The van der Waals surface area contributed by atoms with Crippen molar-refractivity contribution in [2.45, 2.75) is 6.92 Å². The predicted octanol–water partition coefficient (Wildman–Crippen LogP) is 9.01. The molecule has 0 atom stereocenters. The largest absolute Gasteiger partial charge is 0.462 e. The van der Waals surface area contributed by atoms with E-state index in [0.717, 1.165) is 11.4 Å². The second-order valence-electron chi connectivity index (χ2n) is 8.91. The normalized spacial score (nSPS) is 10.6. The summed E-state index contributed by atoms with van der Waals surface area (Å²) in [6.45, 7) is 1.97. The lowest BCUT2D eigenvalue weighted by molar-refractivity contribution is 0.0526. The Balaban J connectivity index is 1.58. The molecule has 0 aromatic heterocycles. The fraction of sp³-hybridized carbons (Fsp3) is 0.0588. The Morgan fingerprint density at radius 3 is 1.85 bits per heavy atom. The molecule has 5 aromatic rings. The minimum atomic E-state index is -0.502. The Morgan fingerprint density at radius 1 is 0.625 bits per heavy atom. The molecule has 0 heterocycles. The van der Waals surface area contributed by atoms with Crippen molar-refractivity contribution in [3.05, 3.63) is 149 Å². The fourth-order valence-corrected chi connectivity index (χ4v) is 4.52. The Bertz CT molecular complexity index is 1600. The number of ether oxygens (including phenoxy) is 2. The molecule has 5 nitrogen and oxygen atoms in total. The Labute approximate surface area is 238 Å². The lowest BCUT2D eigenvalue weighted by atomic mass is 9.99. The van der Waals surface area contributed by atoms with Gasteiger partial charge in [0.1, 0.15) is 11.5 Å². The lowest BCUT2D eigenvalue weighted by Crippen LogP contribution is -2.14. The molecule has 0 spiro atoms. The molecule has 40 heavy (non-hydrogen) atoms. The summed E-state index contributed by atoms with van der Waals surface area (Å²) in [5, 5.41) is 0.550. The van der Waals surface area contributed by atoms with Crippen LogP contribution in [0.25, 0.3) is 0 Å². The van der Waals surface area contributed by atoms with Crippen LogP contribution < -0.4 is 9.64 Å². The van der Waals surface area contributed by atoms with Gasteiger partial charge in [-0.25, -0.2) is 4.79 Å². The Morgan fingerprint density at radius 2 is 1.23 bits per heavy atom. The predicted molar refractivity (Wildman–Crippen MR) is 158 cm³/mol. The number of esters is 1. The second-order valence-corrected chi connectivity index (χ2v) is 9.35. The van der Waals surface area contributed by atoms with Crippen LogP contribution in [0.4, 0.5) is 17.1 Å². The Kier molecular flexibility index (Phi) is 8.24. The maximum Gasteiger partial charge on any atom is 0.338 e. The average molecular weight is 548 g/mol. The highest BCUT2D eigenvalue weighted by molar-refractivity contribution is 6.30. The van der Waals surface area contributed by atoms with Gasteiger partial charge in [0.2, 0.25) is 0 Å². The standard InChI is InChI=1S/C34H26ClNO4/c1-2-39-34(38)26-19-25(33(37)24-11-9-17-31(22-24)40-32-18-10-12-27(35)23-32)20-30(21-26)36(28-13-5-3-6-14-28)29-15-7-4-8-16-29/h3-23H,2H2,1H3. The van der Waals surface area contributed by atoms with Gasteiger partial charge in [0.15, 0.2) is 5.78 Å². The number of hydrogen-bond donors (Lipinski definition) is 0. The van der Waals surface area contributed by atoms with Crippen LogP contribution in [-0.4, -0.2) is 18.4 Å². The van der Waals surface area contributed by atoms with Gasteiger partial charge in [-0.3, -0.25) is 4.79 Å². The number of halogens is 1. The molecular weight excluding hydrogens is 522 g/mol. The van der Waals surface area contributed by atoms with Gasteiger partial charge < -0.3 is 14.4 Å². The molecule has 0 bridgehead atoms. The van der Waals surface area contributed by atoms with Gasteiger partial charge in [0.05, 0.1) is 12.2 Å². The fourth-order valence-electron chi connectivity index (χ4n) is 4.34. The zero-order valence-corrected chi connectivity index (χ0v) is 22.5. The number of carbonyl (C=O) groups excluding carboxylic acids is 2. The van der Waals surface area contributed by atoms with Gasteiger partial charge in [-0.15, -0.1) is 0 Å². The van der Waals surface area contributed by atoms with E-state index in [9.17, 15) is 9.59 Å². The molecule has 0 saturated carbocycles. The summed E-state index contributed by atoms with van der Waals surface area (Å²) in [5.41, 5.74) is 3.45. The molecular formula is C34H26ClNO4. The maximum absolute atomic E-state index is 13.8. The third kappa shape index (κ3) is 6.22. The van der Waals surface area contributed by atoms with Crippen LogP contribution in [0.3, 0.4) is 0 Å². The maximum atomic E-state index is 13.8. The molecule has 0 radical (unpaired) electrons. The molecule has 0 N–H and O–H groups in total. The van der Waals surface area contributed by atoms with Crippen LogP contribution in [0.1, 0.15) is 33.2 Å². The van der Waals surface area contributed by atoms with Crippen molar-refractivity contribution in [3.8, 4) is 11.5 Å². The zero-order chi connectivity index (χ0) is 27.9. The first-order chi connectivity index (χ1) is 19.5. The van der Waals surface area contributed by atoms with Crippen molar-refractivity contribution >= 4 is 40.4 Å². The number of ketones is 1. The minimum Gasteiger partial charge on any atom is -0.462 e. The Hall–Kier alpha value is -4.87. The summed E-state index contributed by atoms with van der Waals surface area (Å²) in [7, 11) is 0. The van der Waals surface area contributed by atoms with Crippen molar-refractivity contribution in [1.29, 1.82) is 0 Å². The number of benzene rings is 5. The highest BCUT2D eigenvalue weighted by atomic mass is 35.5. The van der Waals surface area contributed by atoms with Crippen LogP contribution in [0.5, 0.6) is 11.5 Å². The van der Waals surface area contributed by atoms with Crippen LogP contribution in [-0.2, 0) is 4.74 Å². The van der Waals surface area contributed by atoms with E-state index in [4.69, 9.17) is 21.1 Å². The SMILES string of the molecule is CCOC(=O)c1cc(C(=O)c2cccc(Oc3cccc(Cl)c3)c2)cc(N(c2ccccc2)c2ccccc2)c1. The molecule has 5 rings (SSSR count). The third-order valence-corrected chi connectivity index (χ3v) is 6.34. The van der Waals surface area contributed by atoms with E-state index in [-0.39, 0.29) is 18.0 Å². The number of rotatable bonds is 9. The number of para-hydroxylation sites is 2. The number of anilines is 3. The van der Waals surface area contributed by atoms with Gasteiger partial charge in [-0.1, -0.05) is 66.2 Å². The van der Waals surface area contributed by atoms with Crippen LogP contribution in [0.2, 0.25) is 5.02 Å². The summed E-state index contributed by atoms with van der Waals surface area (Å²) in [6.07, 6.45) is 0. The minimum absolute atomic E-state index is 0.219. The first-order valence-electron chi connectivity index (χ1n) is 12.8. The average Bonchev–Trinajstić information content (AvgIpc) is 2.98. The first-order valence-corrected chi connectivity index (χ1v) is 13.2. The number of carbonyl (C=O) groups is 2. The van der Waals surface area contributed by atoms with Gasteiger partial charge in [0.25, 0.3) is 0 Å². The number of hydrogen-bond acceptors (Lipinski definition) is 5. The molecule has 0 aliphatic rings. The van der Waals surface area contributed by atoms with E-state index in [1.165, 1.54) is 0 Å². The molecule has 0 aliphatic carbocycles. The van der Waals surface area contributed by atoms with E-state index in [1.807, 2.05) is 65.6 Å². The van der Waals surface area contributed by atoms with Crippen LogP contribution >= 0.6 is 11.6 Å². The van der Waals surface area contributed by atoms with Crippen LogP contribution in [0, 0.1) is 0 Å². The van der Waals surface area contributed by atoms with E-state index < -0.39 is 5.97 Å². The molecule has 6 heteroatoms. The van der Waals surface area contributed by atoms with Crippen molar-refractivity contribution in [2.75, 3.05) is 11.5 Å². The van der Waals surface area contributed by atoms with Gasteiger partial charge in [-0.05, 0) is 79.7 Å². The highest BCUT2D eigenvalue weighted by Crippen LogP contribution is 2.36. The molecule has 198 valence electrons. The molecule has 5 aromatic carbocycles. The molecule has 0 amide bonds. The summed E-state index contributed by atoms with van der Waals surface area (Å²) >= 11 is 6.09. The lowest BCUT2D eigenvalue weighted by Gasteiger charge is -2.26. The smallest absolute Gasteiger partial charge is 0.338 e. The second kappa shape index (κ2) is 12.3. The molecule has 0 saturated heterocycles. The van der Waals surface area contributed by atoms with Crippen molar-refractivity contribution in [1.82, 2.24) is 0 Å². The molecule has 0 fully saturated rings. The van der Waals surface area contributed by atoms with Crippen molar-refractivity contribution in [2.24, 2.45) is 0 Å². The van der Waals surface area contributed by atoms with Gasteiger partial charge in [-0.2, -0.15) is 0 Å². The summed E-state index contributed by atoms with van der Waals surface area (Å²) in [4.78, 5) is 28.7. The van der Waals surface area contributed by atoms with E-state index in [1.54, 1.807) is 73.7 Å².